The number of alkyl halides is 3. The molecule has 2 fully saturated rings. The van der Waals surface area contributed by atoms with Crippen LogP contribution in [-0.2, 0) is 20.6 Å². The number of hydrogen-bond donors (Lipinski definition) is 0. The fraction of sp³-hybridized carbons (Fsp3) is 0.167. The molecule has 0 unspecified atom stereocenters. The zero-order valence-corrected chi connectivity index (χ0v) is 16.9. The molecule has 2 aliphatic heterocycles. The number of anilines is 2. The first-order valence-corrected chi connectivity index (χ1v) is 10.1. The van der Waals surface area contributed by atoms with E-state index in [0.717, 1.165) is 29.2 Å². The standard InChI is InChI=1S/C24H16F4N2O3/c25-16-9-11-17(12-10-16)29-22(31)19-20(14-5-4-6-15(13-14)24(26,27)28)30(33-21(19)23(29)32)18-7-2-1-3-8-18/h1-13,19-21H/t19-,20+,21-/m1/s1. The summed E-state index contributed by atoms with van der Waals surface area (Å²) in [6, 6.07) is 17.0. The number of nitrogens with zero attached hydrogens (tertiary/aromatic N) is 2. The van der Waals surface area contributed by atoms with Crippen LogP contribution in [0, 0.1) is 11.7 Å². The molecular formula is C24H16F4N2O3. The average molecular weight is 456 g/mol. The largest absolute Gasteiger partial charge is 0.416 e. The van der Waals surface area contributed by atoms with Crippen molar-refractivity contribution >= 4 is 23.2 Å². The third-order valence-electron chi connectivity index (χ3n) is 5.77. The SMILES string of the molecule is O=C1[C@H]2[C@@H](ON(c3ccccc3)[C@H]2c2cccc(C(F)(F)F)c2)C(=O)N1c1ccc(F)cc1. The van der Waals surface area contributed by atoms with E-state index in [0.29, 0.717) is 5.69 Å². The predicted molar refractivity (Wildman–Crippen MR) is 110 cm³/mol. The molecule has 0 spiro atoms. The predicted octanol–water partition coefficient (Wildman–Crippen LogP) is 4.90. The maximum atomic E-state index is 13.4. The Balaban J connectivity index is 1.60. The number of carbonyl (C=O) groups is 2. The molecule has 0 aliphatic carbocycles. The second-order valence-corrected chi connectivity index (χ2v) is 7.77. The van der Waals surface area contributed by atoms with E-state index in [1.54, 1.807) is 30.3 Å². The van der Waals surface area contributed by atoms with Gasteiger partial charge in [-0.05, 0) is 54.1 Å². The molecule has 2 saturated heterocycles. The van der Waals surface area contributed by atoms with Gasteiger partial charge in [0.1, 0.15) is 11.7 Å². The van der Waals surface area contributed by atoms with Gasteiger partial charge < -0.3 is 0 Å². The maximum absolute atomic E-state index is 13.4. The molecule has 2 heterocycles. The van der Waals surface area contributed by atoms with Crippen molar-refractivity contribution < 1.29 is 32.0 Å². The second kappa shape index (κ2) is 7.70. The summed E-state index contributed by atoms with van der Waals surface area (Å²) in [4.78, 5) is 33.3. The van der Waals surface area contributed by atoms with Crippen LogP contribution < -0.4 is 9.96 Å². The van der Waals surface area contributed by atoms with Crippen molar-refractivity contribution in [2.45, 2.75) is 18.3 Å². The highest BCUT2D eigenvalue weighted by Gasteiger charge is 2.60. The number of fused-ring (bicyclic) bond motifs is 1. The van der Waals surface area contributed by atoms with E-state index in [-0.39, 0.29) is 11.3 Å². The van der Waals surface area contributed by atoms with Gasteiger partial charge in [-0.15, -0.1) is 0 Å². The van der Waals surface area contributed by atoms with E-state index in [4.69, 9.17) is 4.84 Å². The number of benzene rings is 3. The number of hydrogen-bond acceptors (Lipinski definition) is 4. The minimum absolute atomic E-state index is 0.165. The van der Waals surface area contributed by atoms with Gasteiger partial charge in [-0.1, -0.05) is 30.3 Å². The third kappa shape index (κ3) is 3.54. The van der Waals surface area contributed by atoms with Crippen LogP contribution in [0.15, 0.2) is 78.9 Å². The fourth-order valence-corrected chi connectivity index (χ4v) is 4.30. The van der Waals surface area contributed by atoms with Gasteiger partial charge in [0.25, 0.3) is 5.91 Å². The first kappa shape index (κ1) is 21.1. The first-order chi connectivity index (χ1) is 15.8. The molecule has 5 rings (SSSR count). The van der Waals surface area contributed by atoms with Gasteiger partial charge in [-0.25, -0.2) is 14.4 Å². The minimum atomic E-state index is -4.58. The Morgan fingerprint density at radius 3 is 2.15 bits per heavy atom. The zero-order valence-electron chi connectivity index (χ0n) is 16.9. The molecule has 0 radical (unpaired) electrons. The van der Waals surface area contributed by atoms with Crippen LogP contribution in [0.4, 0.5) is 28.9 Å². The molecule has 0 N–H and O–H groups in total. The zero-order chi connectivity index (χ0) is 23.3. The lowest BCUT2D eigenvalue weighted by atomic mass is 9.89. The van der Waals surface area contributed by atoms with E-state index in [2.05, 4.69) is 0 Å². The number of amides is 2. The topological polar surface area (TPSA) is 49.9 Å². The summed E-state index contributed by atoms with van der Waals surface area (Å²) in [6.07, 6.45) is -5.82. The number of imide groups is 1. The fourth-order valence-electron chi connectivity index (χ4n) is 4.30. The lowest BCUT2D eigenvalue weighted by molar-refractivity contribution is -0.137. The summed E-state index contributed by atoms with van der Waals surface area (Å²) in [5, 5.41) is 1.32. The number of halogens is 4. The molecule has 5 nitrogen and oxygen atoms in total. The van der Waals surface area contributed by atoms with Crippen LogP contribution in [-0.4, -0.2) is 17.9 Å². The van der Waals surface area contributed by atoms with Crippen molar-refractivity contribution in [1.82, 2.24) is 0 Å². The summed E-state index contributed by atoms with van der Waals surface area (Å²) in [5.74, 6) is -2.91. The Labute approximate surface area is 185 Å². The highest BCUT2D eigenvalue weighted by Crippen LogP contribution is 2.48. The number of hydroxylamine groups is 1. The van der Waals surface area contributed by atoms with Crippen molar-refractivity contribution in [3.63, 3.8) is 0 Å². The maximum Gasteiger partial charge on any atom is 0.416 e. The Morgan fingerprint density at radius 1 is 0.788 bits per heavy atom. The van der Waals surface area contributed by atoms with Crippen molar-refractivity contribution in [3.8, 4) is 0 Å². The molecular weight excluding hydrogens is 440 g/mol. The molecule has 33 heavy (non-hydrogen) atoms. The molecule has 2 amide bonds. The number of para-hydroxylation sites is 1. The summed E-state index contributed by atoms with van der Waals surface area (Å²) in [7, 11) is 0. The van der Waals surface area contributed by atoms with Gasteiger partial charge in [-0.3, -0.25) is 14.4 Å². The molecule has 0 aromatic heterocycles. The van der Waals surface area contributed by atoms with Crippen molar-refractivity contribution in [2.24, 2.45) is 5.92 Å². The van der Waals surface area contributed by atoms with Gasteiger partial charge in [0, 0.05) is 0 Å². The van der Waals surface area contributed by atoms with Gasteiger partial charge in [0.05, 0.1) is 23.0 Å². The molecule has 0 bridgehead atoms. The molecule has 3 aromatic carbocycles. The molecule has 0 saturated carbocycles. The molecule has 9 heteroatoms. The molecule has 3 atom stereocenters. The summed E-state index contributed by atoms with van der Waals surface area (Å²) < 4.78 is 53.5. The van der Waals surface area contributed by atoms with E-state index in [9.17, 15) is 27.2 Å². The Hall–Kier alpha value is -3.72. The van der Waals surface area contributed by atoms with Crippen molar-refractivity contribution in [2.75, 3.05) is 9.96 Å². The van der Waals surface area contributed by atoms with Crippen LogP contribution in [0.1, 0.15) is 17.2 Å². The molecule has 3 aromatic rings. The van der Waals surface area contributed by atoms with Crippen molar-refractivity contribution in [1.29, 1.82) is 0 Å². The number of carbonyl (C=O) groups excluding carboxylic acids is 2. The van der Waals surface area contributed by atoms with E-state index < -0.39 is 47.4 Å². The van der Waals surface area contributed by atoms with E-state index in [1.807, 2.05) is 0 Å². The second-order valence-electron chi connectivity index (χ2n) is 7.77. The molecule has 168 valence electrons. The highest BCUT2D eigenvalue weighted by molar-refractivity contribution is 6.23. The van der Waals surface area contributed by atoms with Crippen LogP contribution >= 0.6 is 0 Å². The van der Waals surface area contributed by atoms with Gasteiger partial charge in [0.15, 0.2) is 6.10 Å². The summed E-state index contributed by atoms with van der Waals surface area (Å²) in [6.45, 7) is 0. The van der Waals surface area contributed by atoms with E-state index in [1.165, 1.54) is 29.3 Å². The van der Waals surface area contributed by atoms with Crippen molar-refractivity contribution in [3.05, 3.63) is 95.8 Å². The lowest BCUT2D eigenvalue weighted by Gasteiger charge is -2.29. The highest BCUT2D eigenvalue weighted by atomic mass is 19.4. The smallest absolute Gasteiger partial charge is 0.273 e. The third-order valence-corrected chi connectivity index (χ3v) is 5.77. The summed E-state index contributed by atoms with van der Waals surface area (Å²) >= 11 is 0. The van der Waals surface area contributed by atoms with Crippen LogP contribution in [0.25, 0.3) is 0 Å². The summed E-state index contributed by atoms with van der Waals surface area (Å²) in [5.41, 5.74) is -0.0337. The van der Waals surface area contributed by atoms with Crippen LogP contribution in [0.3, 0.4) is 0 Å². The normalized spacial score (nSPS) is 22.7. The van der Waals surface area contributed by atoms with E-state index >= 15 is 0 Å². The quantitative estimate of drug-likeness (QED) is 0.416. The van der Waals surface area contributed by atoms with Gasteiger partial charge in [0.2, 0.25) is 5.91 Å². The monoisotopic (exact) mass is 456 g/mol. The van der Waals surface area contributed by atoms with Gasteiger partial charge >= 0.3 is 6.18 Å². The van der Waals surface area contributed by atoms with Crippen LogP contribution in [0.5, 0.6) is 0 Å². The first-order valence-electron chi connectivity index (χ1n) is 10.1. The van der Waals surface area contributed by atoms with Gasteiger partial charge in [-0.2, -0.15) is 13.2 Å². The number of rotatable bonds is 3. The molecule has 2 aliphatic rings. The minimum Gasteiger partial charge on any atom is -0.273 e. The Morgan fingerprint density at radius 2 is 1.48 bits per heavy atom. The average Bonchev–Trinajstić information content (AvgIpc) is 3.31. The lowest BCUT2D eigenvalue weighted by Crippen LogP contribution is -2.37. The Kier molecular flexibility index (Phi) is 4.93. The van der Waals surface area contributed by atoms with Crippen LogP contribution in [0.2, 0.25) is 0 Å². The Bertz CT molecular complexity index is 1210.